The second kappa shape index (κ2) is 9.66. The third-order valence-electron chi connectivity index (χ3n) is 6.92. The maximum Gasteiger partial charge on any atom is 0.253 e. The first-order valence-electron chi connectivity index (χ1n) is 12.0. The number of likely N-dealkylation sites (tertiary alicyclic amines) is 1. The molecule has 0 spiro atoms. The minimum Gasteiger partial charge on any atom is -0.339 e. The van der Waals surface area contributed by atoms with Gasteiger partial charge in [0, 0.05) is 36.8 Å². The molecule has 0 bridgehead atoms. The average Bonchev–Trinajstić information content (AvgIpc) is 3.33. The van der Waals surface area contributed by atoms with Gasteiger partial charge in [-0.2, -0.15) is 0 Å². The molecule has 5 rings (SSSR count). The molecule has 2 heterocycles. The maximum atomic E-state index is 13.2. The summed E-state index contributed by atoms with van der Waals surface area (Å²) in [4.78, 5) is 30.3. The molecule has 0 aromatic heterocycles. The minimum absolute atomic E-state index is 0.0902. The summed E-state index contributed by atoms with van der Waals surface area (Å²) in [5.74, 6) is -0.226. The molecule has 1 saturated heterocycles. The van der Waals surface area contributed by atoms with Crippen LogP contribution in [0.3, 0.4) is 0 Å². The lowest BCUT2D eigenvalue weighted by molar-refractivity contribution is -0.123. The lowest BCUT2D eigenvalue weighted by atomic mass is 9.94. The van der Waals surface area contributed by atoms with E-state index < -0.39 is 9.84 Å². The number of sulfone groups is 1. The van der Waals surface area contributed by atoms with Crippen molar-refractivity contribution in [3.8, 4) is 0 Å². The predicted octanol–water partition coefficient (Wildman–Crippen LogP) is 4.10. The fourth-order valence-corrected chi connectivity index (χ4v) is 6.38. The Morgan fingerprint density at radius 2 is 1.54 bits per heavy atom. The zero-order valence-corrected chi connectivity index (χ0v) is 20.3. The zero-order chi connectivity index (χ0) is 24.4. The van der Waals surface area contributed by atoms with Crippen LogP contribution in [0.1, 0.15) is 34.3 Å². The number of carbonyl (C=O) groups excluding carboxylic acids is 2. The van der Waals surface area contributed by atoms with Gasteiger partial charge in [0.25, 0.3) is 5.91 Å². The fraction of sp³-hybridized carbons (Fsp3) is 0.286. The standard InChI is InChI=1S/C28H28N2O4S/c31-27(24-9-6-7-21(19-24)20-35(33,34)25-10-2-1-3-11-25)29-16-13-23(14-17-29)28(32)30-18-15-22-8-4-5-12-26(22)30/h1-12,19,23H,13-18,20H2. The number of hydrogen-bond acceptors (Lipinski definition) is 4. The molecule has 180 valence electrons. The molecule has 0 atom stereocenters. The second-order valence-corrected chi connectivity index (χ2v) is 11.2. The molecule has 0 N–H and O–H groups in total. The highest BCUT2D eigenvalue weighted by molar-refractivity contribution is 7.90. The van der Waals surface area contributed by atoms with Crippen LogP contribution in [0.15, 0.2) is 83.8 Å². The topological polar surface area (TPSA) is 74.8 Å². The molecule has 2 amide bonds. The summed E-state index contributed by atoms with van der Waals surface area (Å²) in [5.41, 5.74) is 3.28. The van der Waals surface area contributed by atoms with Crippen LogP contribution >= 0.6 is 0 Å². The van der Waals surface area contributed by atoms with Gasteiger partial charge < -0.3 is 9.80 Å². The number of carbonyl (C=O) groups is 2. The van der Waals surface area contributed by atoms with Crippen molar-refractivity contribution in [2.75, 3.05) is 24.5 Å². The van der Waals surface area contributed by atoms with Gasteiger partial charge in [0.15, 0.2) is 9.84 Å². The molecule has 0 radical (unpaired) electrons. The molecule has 0 aliphatic carbocycles. The Morgan fingerprint density at radius 3 is 2.31 bits per heavy atom. The molecular formula is C28H28N2O4S. The van der Waals surface area contributed by atoms with E-state index in [1.165, 1.54) is 5.56 Å². The first-order chi connectivity index (χ1) is 16.9. The summed E-state index contributed by atoms with van der Waals surface area (Å²) in [7, 11) is -3.49. The lowest BCUT2D eigenvalue weighted by Gasteiger charge is -2.33. The molecule has 6 nitrogen and oxygen atoms in total. The highest BCUT2D eigenvalue weighted by Gasteiger charge is 2.33. The highest BCUT2D eigenvalue weighted by Crippen LogP contribution is 2.31. The Balaban J connectivity index is 1.22. The molecule has 7 heteroatoms. The van der Waals surface area contributed by atoms with Gasteiger partial charge in [-0.1, -0.05) is 48.5 Å². The first-order valence-corrected chi connectivity index (χ1v) is 13.6. The number of rotatable bonds is 5. The van der Waals surface area contributed by atoms with Crippen LogP contribution < -0.4 is 4.90 Å². The largest absolute Gasteiger partial charge is 0.339 e. The van der Waals surface area contributed by atoms with E-state index in [4.69, 9.17) is 0 Å². The smallest absolute Gasteiger partial charge is 0.253 e. The normalized spacial score (nSPS) is 16.2. The maximum absolute atomic E-state index is 13.2. The molecular weight excluding hydrogens is 460 g/mol. The van der Waals surface area contributed by atoms with Crippen LogP contribution in [-0.2, 0) is 26.8 Å². The zero-order valence-electron chi connectivity index (χ0n) is 19.5. The molecule has 1 fully saturated rings. The van der Waals surface area contributed by atoms with Gasteiger partial charge in [-0.15, -0.1) is 0 Å². The van der Waals surface area contributed by atoms with Crippen LogP contribution in [0.25, 0.3) is 0 Å². The summed E-state index contributed by atoms with van der Waals surface area (Å²) in [5, 5.41) is 0. The summed E-state index contributed by atoms with van der Waals surface area (Å²) >= 11 is 0. The average molecular weight is 489 g/mol. The van der Waals surface area contributed by atoms with Gasteiger partial charge in [0.1, 0.15) is 0 Å². The summed E-state index contributed by atoms with van der Waals surface area (Å²) in [6, 6.07) is 23.2. The number of anilines is 1. The van der Waals surface area contributed by atoms with E-state index in [9.17, 15) is 18.0 Å². The minimum atomic E-state index is -3.49. The van der Waals surface area contributed by atoms with Crippen molar-refractivity contribution in [2.24, 2.45) is 5.92 Å². The van der Waals surface area contributed by atoms with E-state index >= 15 is 0 Å². The molecule has 2 aliphatic heterocycles. The van der Waals surface area contributed by atoms with Crippen molar-refractivity contribution in [1.29, 1.82) is 0 Å². The van der Waals surface area contributed by atoms with Crippen LogP contribution in [-0.4, -0.2) is 44.8 Å². The number of amides is 2. The summed E-state index contributed by atoms with van der Waals surface area (Å²) in [6.45, 7) is 1.74. The van der Waals surface area contributed by atoms with E-state index in [0.717, 1.165) is 18.7 Å². The van der Waals surface area contributed by atoms with Crippen molar-refractivity contribution >= 4 is 27.3 Å². The highest BCUT2D eigenvalue weighted by atomic mass is 32.2. The van der Waals surface area contributed by atoms with E-state index in [0.29, 0.717) is 37.1 Å². The Hall–Kier alpha value is -3.45. The van der Waals surface area contributed by atoms with Crippen LogP contribution in [0.4, 0.5) is 5.69 Å². The monoisotopic (exact) mass is 488 g/mol. The number of benzene rings is 3. The Morgan fingerprint density at radius 1 is 0.829 bits per heavy atom. The van der Waals surface area contributed by atoms with Crippen molar-refractivity contribution in [1.82, 2.24) is 4.90 Å². The Kier molecular flexibility index (Phi) is 6.43. The van der Waals surface area contributed by atoms with Gasteiger partial charge in [-0.05, 0) is 60.7 Å². The molecule has 3 aromatic carbocycles. The van der Waals surface area contributed by atoms with Crippen LogP contribution in [0.2, 0.25) is 0 Å². The van der Waals surface area contributed by atoms with E-state index in [-0.39, 0.29) is 28.4 Å². The molecule has 0 saturated carbocycles. The van der Waals surface area contributed by atoms with E-state index in [1.54, 1.807) is 59.5 Å². The predicted molar refractivity (Wildman–Crippen MR) is 135 cm³/mol. The van der Waals surface area contributed by atoms with Gasteiger partial charge in [-0.3, -0.25) is 9.59 Å². The molecule has 3 aromatic rings. The second-order valence-electron chi connectivity index (χ2n) is 9.21. The Bertz CT molecular complexity index is 1350. The van der Waals surface area contributed by atoms with E-state index in [1.807, 2.05) is 23.1 Å². The van der Waals surface area contributed by atoms with Crippen molar-refractivity contribution < 1.29 is 18.0 Å². The van der Waals surface area contributed by atoms with Crippen molar-refractivity contribution in [3.05, 3.63) is 95.6 Å². The SMILES string of the molecule is O=C(c1cccc(CS(=O)(=O)c2ccccc2)c1)N1CCC(C(=O)N2CCc3ccccc32)CC1. The van der Waals surface area contributed by atoms with Gasteiger partial charge >= 0.3 is 0 Å². The quantitative estimate of drug-likeness (QED) is 0.542. The lowest BCUT2D eigenvalue weighted by Crippen LogP contribution is -2.44. The number of fused-ring (bicyclic) bond motifs is 1. The molecule has 0 unspecified atom stereocenters. The Labute approximate surface area is 206 Å². The van der Waals surface area contributed by atoms with Crippen LogP contribution in [0.5, 0.6) is 0 Å². The van der Waals surface area contributed by atoms with Gasteiger partial charge in [0.2, 0.25) is 5.91 Å². The molecule has 35 heavy (non-hydrogen) atoms. The first kappa shape index (κ1) is 23.3. The third-order valence-corrected chi connectivity index (χ3v) is 8.62. The van der Waals surface area contributed by atoms with Gasteiger partial charge in [0.05, 0.1) is 10.6 Å². The van der Waals surface area contributed by atoms with Crippen molar-refractivity contribution in [3.63, 3.8) is 0 Å². The number of para-hydroxylation sites is 1. The summed E-state index contributed by atoms with van der Waals surface area (Å²) < 4.78 is 25.5. The van der Waals surface area contributed by atoms with Crippen LogP contribution in [0, 0.1) is 5.92 Å². The number of piperidine rings is 1. The third kappa shape index (κ3) is 4.86. The number of hydrogen-bond donors (Lipinski definition) is 0. The fourth-order valence-electron chi connectivity index (χ4n) is 5.02. The van der Waals surface area contributed by atoms with E-state index in [2.05, 4.69) is 6.07 Å². The summed E-state index contributed by atoms with van der Waals surface area (Å²) in [6.07, 6.45) is 2.15. The van der Waals surface area contributed by atoms with Crippen molar-refractivity contribution in [2.45, 2.75) is 29.9 Å². The molecule has 2 aliphatic rings. The number of nitrogens with zero attached hydrogens (tertiary/aromatic N) is 2. The van der Waals surface area contributed by atoms with Gasteiger partial charge in [-0.25, -0.2) is 8.42 Å².